The Morgan fingerprint density at radius 3 is 2.71 bits per heavy atom. The molecule has 7 nitrogen and oxygen atoms in total. The third-order valence-electron chi connectivity index (χ3n) is 4.48. The van der Waals surface area contributed by atoms with Crippen LogP contribution in [0.4, 0.5) is 0 Å². The van der Waals surface area contributed by atoms with Crippen molar-refractivity contribution >= 4 is 12.0 Å². The summed E-state index contributed by atoms with van der Waals surface area (Å²) in [6.07, 6.45) is 11.0. The first-order chi connectivity index (χ1) is 13.4. The maximum atomic E-state index is 12.7. The van der Waals surface area contributed by atoms with Gasteiger partial charge in [0.2, 0.25) is 0 Å². The van der Waals surface area contributed by atoms with Crippen LogP contribution in [0.3, 0.4) is 0 Å². The second-order valence-electron chi connectivity index (χ2n) is 7.79. The lowest BCUT2D eigenvalue weighted by Crippen LogP contribution is -2.46. The van der Waals surface area contributed by atoms with Crippen LogP contribution >= 0.6 is 0 Å². The van der Waals surface area contributed by atoms with Gasteiger partial charge < -0.3 is 9.88 Å². The summed E-state index contributed by atoms with van der Waals surface area (Å²) in [5.74, 6) is -0.224. The quantitative estimate of drug-likeness (QED) is 0.685. The van der Waals surface area contributed by atoms with Crippen molar-refractivity contribution in [1.82, 2.24) is 29.9 Å². The summed E-state index contributed by atoms with van der Waals surface area (Å²) in [4.78, 5) is 16.7. The minimum atomic E-state index is -0.224. The van der Waals surface area contributed by atoms with Crippen LogP contribution in [0, 0.1) is 5.41 Å². The Bertz CT molecular complexity index is 906. The molecular weight excluding hydrogens is 352 g/mol. The molecule has 2 heterocycles. The fourth-order valence-corrected chi connectivity index (χ4v) is 2.73. The molecule has 1 unspecified atom stereocenters. The van der Waals surface area contributed by atoms with Gasteiger partial charge in [-0.25, -0.2) is 9.67 Å². The van der Waals surface area contributed by atoms with E-state index in [2.05, 4.69) is 41.4 Å². The molecule has 0 aliphatic heterocycles. The fourth-order valence-electron chi connectivity index (χ4n) is 2.73. The molecule has 146 valence electrons. The molecule has 0 aliphatic carbocycles. The van der Waals surface area contributed by atoms with E-state index >= 15 is 0 Å². The highest BCUT2D eigenvalue weighted by molar-refractivity contribution is 5.92. The van der Waals surface area contributed by atoms with Crippen molar-refractivity contribution < 1.29 is 4.79 Å². The van der Waals surface area contributed by atoms with Gasteiger partial charge in [0.05, 0.1) is 25.1 Å². The Labute approximate surface area is 165 Å². The predicted molar refractivity (Wildman–Crippen MR) is 108 cm³/mol. The van der Waals surface area contributed by atoms with Crippen molar-refractivity contribution in [2.75, 3.05) is 0 Å². The first-order valence-electron chi connectivity index (χ1n) is 9.30. The van der Waals surface area contributed by atoms with E-state index in [0.29, 0.717) is 18.8 Å². The molecule has 1 N–H and O–H groups in total. The summed E-state index contributed by atoms with van der Waals surface area (Å²) < 4.78 is 3.61. The minimum Gasteiger partial charge on any atom is -0.346 e. The standard InChI is InChI=1S/C21H26N6O/c1-21(2,3)19(15-26-13-11-22-16-26)23-20(28)18-14-27(25-24-18)12-7-10-17-8-5-4-6-9-17/h4-11,13-14,16,19H,12,15H2,1-3H3,(H,23,28). The van der Waals surface area contributed by atoms with Gasteiger partial charge in [0.25, 0.3) is 5.91 Å². The zero-order valence-electron chi connectivity index (χ0n) is 16.5. The second kappa shape index (κ2) is 8.65. The van der Waals surface area contributed by atoms with Crippen molar-refractivity contribution in [3.8, 4) is 0 Å². The Balaban J connectivity index is 1.61. The maximum Gasteiger partial charge on any atom is 0.273 e. The van der Waals surface area contributed by atoms with E-state index in [1.165, 1.54) is 0 Å². The van der Waals surface area contributed by atoms with Crippen LogP contribution in [0.2, 0.25) is 0 Å². The Kier molecular flexibility index (Phi) is 6.03. The smallest absolute Gasteiger partial charge is 0.273 e. The number of carbonyl (C=O) groups is 1. The average molecular weight is 378 g/mol. The molecule has 0 spiro atoms. The van der Waals surface area contributed by atoms with Gasteiger partial charge in [0, 0.05) is 18.9 Å². The molecule has 1 amide bonds. The van der Waals surface area contributed by atoms with Gasteiger partial charge >= 0.3 is 0 Å². The normalized spacial score (nSPS) is 13.0. The highest BCUT2D eigenvalue weighted by Crippen LogP contribution is 2.21. The van der Waals surface area contributed by atoms with Crippen molar-refractivity contribution in [2.45, 2.75) is 39.9 Å². The van der Waals surface area contributed by atoms with Crippen molar-refractivity contribution in [1.29, 1.82) is 0 Å². The third-order valence-corrected chi connectivity index (χ3v) is 4.48. The number of carbonyl (C=O) groups excluding carboxylic acids is 1. The molecular formula is C21H26N6O. The largest absolute Gasteiger partial charge is 0.346 e. The molecule has 7 heteroatoms. The number of nitrogens with zero attached hydrogens (tertiary/aromatic N) is 5. The number of imidazole rings is 1. The van der Waals surface area contributed by atoms with E-state index < -0.39 is 0 Å². The molecule has 0 saturated carbocycles. The van der Waals surface area contributed by atoms with Crippen LogP contribution in [0.25, 0.3) is 6.08 Å². The van der Waals surface area contributed by atoms with Crippen LogP contribution in [-0.2, 0) is 13.1 Å². The summed E-state index contributed by atoms with van der Waals surface area (Å²) in [6, 6.07) is 9.96. The first-order valence-corrected chi connectivity index (χ1v) is 9.30. The topological polar surface area (TPSA) is 77.6 Å². The van der Waals surface area contributed by atoms with Crippen LogP contribution in [-0.4, -0.2) is 36.5 Å². The Morgan fingerprint density at radius 1 is 1.25 bits per heavy atom. The lowest BCUT2D eigenvalue weighted by molar-refractivity contribution is 0.0887. The highest BCUT2D eigenvalue weighted by atomic mass is 16.2. The molecule has 0 saturated heterocycles. The van der Waals surface area contributed by atoms with Gasteiger partial charge in [0.1, 0.15) is 0 Å². The number of rotatable bonds is 7. The zero-order valence-corrected chi connectivity index (χ0v) is 16.5. The Morgan fingerprint density at radius 2 is 2.04 bits per heavy atom. The van der Waals surface area contributed by atoms with Crippen molar-refractivity contribution in [3.63, 3.8) is 0 Å². The molecule has 2 aromatic heterocycles. The first kappa shape index (κ1) is 19.5. The molecule has 3 rings (SSSR count). The number of hydrogen-bond donors (Lipinski definition) is 1. The van der Waals surface area contributed by atoms with E-state index in [-0.39, 0.29) is 17.4 Å². The summed E-state index contributed by atoms with van der Waals surface area (Å²) in [5, 5.41) is 11.2. The van der Waals surface area contributed by atoms with Crippen LogP contribution in [0.15, 0.2) is 61.3 Å². The fraction of sp³-hybridized carbons (Fsp3) is 0.333. The van der Waals surface area contributed by atoms with E-state index in [0.717, 1.165) is 5.56 Å². The predicted octanol–water partition coefficient (Wildman–Crippen LogP) is 3.03. The Hall–Kier alpha value is -3.22. The zero-order chi connectivity index (χ0) is 20.0. The number of aromatic nitrogens is 5. The molecule has 3 aromatic rings. The maximum absolute atomic E-state index is 12.7. The number of allylic oxidation sites excluding steroid dienone is 1. The molecule has 1 aromatic carbocycles. The molecule has 1 atom stereocenters. The SMILES string of the molecule is CC(C)(C)C(Cn1ccnc1)NC(=O)c1cn(CC=Cc2ccccc2)nn1. The number of hydrogen-bond acceptors (Lipinski definition) is 4. The van der Waals surface area contributed by atoms with E-state index in [4.69, 9.17) is 0 Å². The van der Waals surface area contributed by atoms with E-state index in [1.807, 2.05) is 53.2 Å². The number of nitrogens with one attached hydrogen (secondary N) is 1. The third kappa shape index (κ3) is 5.39. The summed E-state index contributed by atoms with van der Waals surface area (Å²) in [7, 11) is 0. The van der Waals surface area contributed by atoms with Gasteiger partial charge in [-0.15, -0.1) is 5.10 Å². The summed E-state index contributed by atoms with van der Waals surface area (Å²) in [5.41, 5.74) is 1.31. The molecule has 0 aliphatic rings. The van der Waals surface area contributed by atoms with Gasteiger partial charge in [0.15, 0.2) is 5.69 Å². The second-order valence-corrected chi connectivity index (χ2v) is 7.79. The monoisotopic (exact) mass is 378 g/mol. The van der Waals surface area contributed by atoms with Crippen LogP contribution < -0.4 is 5.32 Å². The molecule has 0 radical (unpaired) electrons. The molecule has 28 heavy (non-hydrogen) atoms. The van der Waals surface area contributed by atoms with Gasteiger partial charge in [-0.3, -0.25) is 4.79 Å². The highest BCUT2D eigenvalue weighted by Gasteiger charge is 2.27. The van der Waals surface area contributed by atoms with Crippen molar-refractivity contribution in [3.05, 3.63) is 72.6 Å². The van der Waals surface area contributed by atoms with Gasteiger partial charge in [-0.1, -0.05) is 68.5 Å². The summed E-state index contributed by atoms with van der Waals surface area (Å²) >= 11 is 0. The molecule has 0 fully saturated rings. The minimum absolute atomic E-state index is 0.0719. The van der Waals surface area contributed by atoms with Crippen LogP contribution in [0.1, 0.15) is 36.8 Å². The van der Waals surface area contributed by atoms with E-state index in [9.17, 15) is 4.79 Å². The molecule has 0 bridgehead atoms. The number of benzene rings is 1. The van der Waals surface area contributed by atoms with Crippen molar-refractivity contribution in [2.24, 2.45) is 5.41 Å². The van der Waals surface area contributed by atoms with Crippen LogP contribution in [0.5, 0.6) is 0 Å². The number of amides is 1. The van der Waals surface area contributed by atoms with E-state index in [1.54, 1.807) is 23.4 Å². The lowest BCUT2D eigenvalue weighted by atomic mass is 9.86. The van der Waals surface area contributed by atoms with Gasteiger partial charge in [-0.2, -0.15) is 0 Å². The van der Waals surface area contributed by atoms with Gasteiger partial charge in [-0.05, 0) is 11.0 Å². The summed E-state index contributed by atoms with van der Waals surface area (Å²) in [6.45, 7) is 7.48. The lowest BCUT2D eigenvalue weighted by Gasteiger charge is -2.31. The average Bonchev–Trinajstić information content (AvgIpc) is 3.33.